The van der Waals surface area contributed by atoms with Crippen molar-refractivity contribution >= 4 is 11.9 Å². The summed E-state index contributed by atoms with van der Waals surface area (Å²) in [6, 6.07) is 0. The van der Waals surface area contributed by atoms with Gasteiger partial charge in [0.15, 0.2) is 0 Å². The lowest BCUT2D eigenvalue weighted by atomic mass is 10.0. The average Bonchev–Trinajstić information content (AvgIpc) is 3.05. The van der Waals surface area contributed by atoms with E-state index in [0.29, 0.717) is 19.0 Å². The Kier molecular flexibility index (Phi) is 4.86. The van der Waals surface area contributed by atoms with Crippen LogP contribution < -0.4 is 10.2 Å². The number of fused-ring (bicyclic) bond motifs is 1. The van der Waals surface area contributed by atoms with Gasteiger partial charge in [0.25, 0.3) is 0 Å². The molecule has 1 aromatic rings. The number of carbonyl (C=O) groups excluding carboxylic acids is 1. The fourth-order valence-corrected chi connectivity index (χ4v) is 3.34. The van der Waals surface area contributed by atoms with Crippen molar-refractivity contribution in [3.05, 3.63) is 17.1 Å². The number of ether oxygens (including phenoxy) is 1. The standard InChI is InChI=1S/C18H29N5O2/c1-18(2,3)25-17(24)23-9-7-13-14(11-23)20-15(12-6-8-19-10-12)21-16(13)22(4)5/h12,19H,6-11H2,1-5H3. The van der Waals surface area contributed by atoms with Gasteiger partial charge >= 0.3 is 6.09 Å². The van der Waals surface area contributed by atoms with Gasteiger partial charge in [0.05, 0.1) is 12.2 Å². The Bertz CT molecular complexity index is 648. The minimum absolute atomic E-state index is 0.271. The van der Waals surface area contributed by atoms with E-state index in [1.54, 1.807) is 4.90 Å². The van der Waals surface area contributed by atoms with Crippen LogP contribution in [0.2, 0.25) is 0 Å². The van der Waals surface area contributed by atoms with E-state index < -0.39 is 5.60 Å². The molecule has 0 radical (unpaired) electrons. The zero-order valence-corrected chi connectivity index (χ0v) is 15.9. The van der Waals surface area contributed by atoms with E-state index in [1.165, 1.54) is 0 Å². The summed E-state index contributed by atoms with van der Waals surface area (Å²) >= 11 is 0. The van der Waals surface area contributed by atoms with Gasteiger partial charge in [0.1, 0.15) is 17.2 Å². The molecule has 2 aliphatic rings. The number of rotatable bonds is 2. The molecule has 0 aromatic carbocycles. The van der Waals surface area contributed by atoms with Gasteiger partial charge in [-0.25, -0.2) is 14.8 Å². The molecule has 1 amide bonds. The molecule has 1 aromatic heterocycles. The molecule has 3 heterocycles. The molecule has 3 rings (SSSR count). The first-order chi connectivity index (χ1) is 11.7. The normalized spacial score (nSPS) is 20.4. The molecule has 1 fully saturated rings. The molecule has 1 atom stereocenters. The summed E-state index contributed by atoms with van der Waals surface area (Å²) in [7, 11) is 4.03. The Morgan fingerprint density at radius 2 is 2.08 bits per heavy atom. The molecule has 1 N–H and O–H groups in total. The summed E-state index contributed by atoms with van der Waals surface area (Å²) in [4.78, 5) is 25.9. The molecular formula is C18H29N5O2. The summed E-state index contributed by atoms with van der Waals surface area (Å²) < 4.78 is 5.52. The zero-order valence-electron chi connectivity index (χ0n) is 15.9. The van der Waals surface area contributed by atoms with Crippen molar-refractivity contribution < 1.29 is 9.53 Å². The predicted molar refractivity (Wildman–Crippen MR) is 96.9 cm³/mol. The average molecular weight is 347 g/mol. The first kappa shape index (κ1) is 17.9. The number of nitrogens with one attached hydrogen (secondary N) is 1. The molecule has 0 spiro atoms. The van der Waals surface area contributed by atoms with Gasteiger partial charge in [-0.15, -0.1) is 0 Å². The summed E-state index contributed by atoms with van der Waals surface area (Å²) in [5.41, 5.74) is 1.62. The maximum atomic E-state index is 12.4. The van der Waals surface area contributed by atoms with Crippen LogP contribution >= 0.6 is 0 Å². The van der Waals surface area contributed by atoms with Crippen LogP contribution in [0.5, 0.6) is 0 Å². The molecule has 1 saturated heterocycles. The third kappa shape index (κ3) is 4.03. The first-order valence-electron chi connectivity index (χ1n) is 9.00. The number of carbonyl (C=O) groups is 1. The Morgan fingerprint density at radius 1 is 1.32 bits per heavy atom. The van der Waals surface area contributed by atoms with Gasteiger partial charge in [0.2, 0.25) is 0 Å². The highest BCUT2D eigenvalue weighted by Gasteiger charge is 2.30. The SMILES string of the molecule is CN(C)c1nc(C2CCNC2)nc2c1CCN(C(=O)OC(C)(C)C)C2. The smallest absolute Gasteiger partial charge is 0.410 e. The van der Waals surface area contributed by atoms with Gasteiger partial charge in [-0.05, 0) is 40.2 Å². The minimum atomic E-state index is -0.488. The lowest BCUT2D eigenvalue weighted by Gasteiger charge is -2.32. The van der Waals surface area contributed by atoms with E-state index in [2.05, 4.69) is 10.2 Å². The highest BCUT2D eigenvalue weighted by Crippen LogP contribution is 2.29. The molecule has 0 bridgehead atoms. The second-order valence-corrected chi connectivity index (χ2v) is 8.07. The van der Waals surface area contributed by atoms with E-state index in [1.807, 2.05) is 34.9 Å². The van der Waals surface area contributed by atoms with Crippen molar-refractivity contribution in [1.82, 2.24) is 20.2 Å². The Balaban J connectivity index is 1.88. The highest BCUT2D eigenvalue weighted by molar-refractivity contribution is 5.69. The molecule has 7 nitrogen and oxygen atoms in total. The van der Waals surface area contributed by atoms with Crippen LogP contribution in [-0.2, 0) is 17.7 Å². The number of amides is 1. The summed E-state index contributed by atoms with van der Waals surface area (Å²) in [6.07, 6.45) is 1.54. The van der Waals surface area contributed by atoms with Crippen molar-refractivity contribution in [3.8, 4) is 0 Å². The monoisotopic (exact) mass is 347 g/mol. The molecule has 0 aliphatic carbocycles. The Hall–Kier alpha value is -1.89. The fourth-order valence-electron chi connectivity index (χ4n) is 3.34. The van der Waals surface area contributed by atoms with Crippen LogP contribution in [0.1, 0.15) is 50.2 Å². The van der Waals surface area contributed by atoms with Crippen LogP contribution in [0, 0.1) is 0 Å². The van der Waals surface area contributed by atoms with Crippen molar-refractivity contribution in [3.63, 3.8) is 0 Å². The predicted octanol–water partition coefficient (Wildman–Crippen LogP) is 1.91. The lowest BCUT2D eigenvalue weighted by molar-refractivity contribution is 0.0220. The third-order valence-electron chi connectivity index (χ3n) is 4.56. The van der Waals surface area contributed by atoms with E-state index in [-0.39, 0.29) is 6.09 Å². The van der Waals surface area contributed by atoms with Gasteiger partial charge < -0.3 is 19.9 Å². The summed E-state index contributed by atoms with van der Waals surface area (Å²) in [6.45, 7) is 8.71. The van der Waals surface area contributed by atoms with Crippen molar-refractivity contribution in [2.45, 2.75) is 51.7 Å². The number of aromatic nitrogens is 2. The largest absolute Gasteiger partial charge is 0.444 e. The molecule has 0 saturated carbocycles. The second kappa shape index (κ2) is 6.78. The molecule has 7 heteroatoms. The van der Waals surface area contributed by atoms with Crippen molar-refractivity contribution in [1.29, 1.82) is 0 Å². The van der Waals surface area contributed by atoms with Crippen LogP contribution in [0.25, 0.3) is 0 Å². The Morgan fingerprint density at radius 3 is 2.68 bits per heavy atom. The van der Waals surface area contributed by atoms with Crippen molar-refractivity contribution in [2.24, 2.45) is 0 Å². The second-order valence-electron chi connectivity index (χ2n) is 8.07. The van der Waals surface area contributed by atoms with Gasteiger partial charge in [-0.1, -0.05) is 0 Å². The van der Waals surface area contributed by atoms with Gasteiger partial charge in [-0.2, -0.15) is 0 Å². The minimum Gasteiger partial charge on any atom is -0.444 e. The topological polar surface area (TPSA) is 70.6 Å². The quantitative estimate of drug-likeness (QED) is 0.881. The van der Waals surface area contributed by atoms with E-state index in [9.17, 15) is 4.79 Å². The summed E-state index contributed by atoms with van der Waals surface area (Å²) in [5.74, 6) is 2.22. The highest BCUT2D eigenvalue weighted by atomic mass is 16.6. The van der Waals surface area contributed by atoms with Crippen LogP contribution in [0.4, 0.5) is 10.6 Å². The number of hydrogen-bond acceptors (Lipinski definition) is 6. The van der Waals surface area contributed by atoms with Gasteiger partial charge in [0, 0.05) is 38.7 Å². The number of anilines is 1. The molecule has 138 valence electrons. The number of hydrogen-bond donors (Lipinski definition) is 1. The number of nitrogens with zero attached hydrogens (tertiary/aromatic N) is 4. The molecule has 1 unspecified atom stereocenters. The third-order valence-corrected chi connectivity index (χ3v) is 4.56. The van der Waals surface area contributed by atoms with Crippen LogP contribution in [0.3, 0.4) is 0 Å². The lowest BCUT2D eigenvalue weighted by Crippen LogP contribution is -2.41. The maximum absolute atomic E-state index is 12.4. The van der Waals surface area contributed by atoms with Crippen LogP contribution in [0.15, 0.2) is 0 Å². The first-order valence-corrected chi connectivity index (χ1v) is 9.00. The van der Waals surface area contributed by atoms with E-state index in [0.717, 1.165) is 48.8 Å². The Labute approximate surface area is 149 Å². The molecule has 2 aliphatic heterocycles. The van der Waals surface area contributed by atoms with Crippen molar-refractivity contribution in [2.75, 3.05) is 38.6 Å². The van der Waals surface area contributed by atoms with E-state index in [4.69, 9.17) is 14.7 Å². The fraction of sp³-hybridized carbons (Fsp3) is 0.722. The van der Waals surface area contributed by atoms with E-state index >= 15 is 0 Å². The zero-order chi connectivity index (χ0) is 18.2. The molecular weight excluding hydrogens is 318 g/mol. The van der Waals surface area contributed by atoms with Crippen LogP contribution in [-0.4, -0.2) is 60.3 Å². The molecule has 25 heavy (non-hydrogen) atoms. The maximum Gasteiger partial charge on any atom is 0.410 e. The summed E-state index contributed by atoms with van der Waals surface area (Å²) in [5, 5.41) is 3.37. The van der Waals surface area contributed by atoms with Gasteiger partial charge in [-0.3, -0.25) is 0 Å².